The van der Waals surface area contributed by atoms with Gasteiger partial charge in [-0.25, -0.2) is 4.79 Å². The highest BCUT2D eigenvalue weighted by Crippen LogP contribution is 2.40. The van der Waals surface area contributed by atoms with Crippen molar-refractivity contribution in [3.63, 3.8) is 0 Å². The van der Waals surface area contributed by atoms with Crippen molar-refractivity contribution < 1.29 is 33.9 Å². The van der Waals surface area contributed by atoms with Crippen molar-refractivity contribution in [1.82, 2.24) is 10.6 Å². The van der Waals surface area contributed by atoms with Crippen molar-refractivity contribution in [1.29, 1.82) is 0 Å². The molecular weight excluding hydrogens is 519 g/mol. The Balaban J connectivity index is 1.82. The molecule has 39 heavy (non-hydrogen) atoms. The fourth-order valence-corrected chi connectivity index (χ4v) is 5.45. The van der Waals surface area contributed by atoms with Gasteiger partial charge in [-0.3, -0.25) is 14.9 Å². The van der Waals surface area contributed by atoms with Crippen LogP contribution in [0.1, 0.15) is 23.6 Å². The summed E-state index contributed by atoms with van der Waals surface area (Å²) in [6.45, 7) is 1.27. The van der Waals surface area contributed by atoms with Crippen LogP contribution in [0.2, 0.25) is 0 Å². The van der Waals surface area contributed by atoms with Gasteiger partial charge >= 0.3 is 25.3 Å². The third-order valence-electron chi connectivity index (χ3n) is 6.03. The lowest BCUT2D eigenvalue weighted by Gasteiger charge is -2.22. The molecule has 0 aliphatic heterocycles. The van der Waals surface area contributed by atoms with Gasteiger partial charge in [0.1, 0.15) is 12.6 Å². The Morgan fingerprint density at radius 1 is 0.872 bits per heavy atom. The molecule has 0 radical (unpaired) electrons. The maximum absolute atomic E-state index is 13.7. The normalized spacial score (nSPS) is 14.3. The number of amides is 2. The number of hydrogen-bond acceptors (Lipinski definition) is 6. The maximum atomic E-state index is 13.7. The molecule has 2 amide bonds. The molecule has 4 N–H and O–H groups in total. The van der Waals surface area contributed by atoms with E-state index < -0.39 is 43.2 Å². The van der Waals surface area contributed by atoms with Crippen LogP contribution in [0, 0.1) is 5.92 Å². The fraction of sp³-hybridized carbons (Fsp3) is 0.276. The van der Waals surface area contributed by atoms with Crippen LogP contribution in [0.3, 0.4) is 0 Å². The van der Waals surface area contributed by atoms with Crippen LogP contribution in [-0.4, -0.2) is 45.9 Å². The Kier molecular flexibility index (Phi) is 10.7. The summed E-state index contributed by atoms with van der Waals surface area (Å²) in [5, 5.41) is 25.6. The van der Waals surface area contributed by atoms with Crippen LogP contribution in [0.5, 0.6) is 0 Å². The van der Waals surface area contributed by atoms with Crippen molar-refractivity contribution in [3.05, 3.63) is 108 Å². The molecule has 0 spiro atoms. The number of ether oxygens (including phenoxy) is 1. The number of carboxylic acid groups (broad SMARTS) is 1. The maximum Gasteiger partial charge on any atom is 0.413 e. The number of carbonyl (C=O) groups is 3. The number of hydrogen-bond donors (Lipinski definition) is 4. The number of aliphatic hydroxyl groups is 1. The van der Waals surface area contributed by atoms with Crippen LogP contribution in [0.4, 0.5) is 4.79 Å². The van der Waals surface area contributed by atoms with Gasteiger partial charge in [0.25, 0.3) is 0 Å². The Bertz CT molecular complexity index is 1260. The lowest BCUT2D eigenvalue weighted by molar-refractivity contribution is -0.141. The van der Waals surface area contributed by atoms with Gasteiger partial charge in [-0.15, -0.1) is 0 Å². The number of nitrogens with one attached hydrogen (secondary N) is 2. The van der Waals surface area contributed by atoms with E-state index in [1.165, 1.54) is 6.92 Å². The SMILES string of the molecule is C[C@H](NC(=O)C(Cc1ccccc1)C[P+](=O)C(O)(Cc1ccccc1)NC(=O)OCc1ccccc1)C(=O)O. The Morgan fingerprint density at radius 3 is 1.92 bits per heavy atom. The zero-order chi connectivity index (χ0) is 28.3. The van der Waals surface area contributed by atoms with E-state index in [1.807, 2.05) is 12.1 Å². The van der Waals surface area contributed by atoms with E-state index in [9.17, 15) is 29.2 Å². The van der Waals surface area contributed by atoms with Crippen LogP contribution in [-0.2, 0) is 38.3 Å². The third kappa shape index (κ3) is 9.32. The topological polar surface area (TPSA) is 142 Å². The number of benzene rings is 3. The summed E-state index contributed by atoms with van der Waals surface area (Å²) in [5.41, 5.74) is -0.130. The zero-order valence-corrected chi connectivity index (χ0v) is 22.4. The average molecular weight is 552 g/mol. The van der Waals surface area contributed by atoms with Crippen LogP contribution >= 0.6 is 7.80 Å². The second-order valence-electron chi connectivity index (χ2n) is 9.18. The average Bonchev–Trinajstić information content (AvgIpc) is 2.93. The van der Waals surface area contributed by atoms with Crippen LogP contribution < -0.4 is 10.6 Å². The molecule has 9 nitrogen and oxygen atoms in total. The van der Waals surface area contributed by atoms with Crippen molar-refractivity contribution in [2.45, 2.75) is 37.9 Å². The highest BCUT2D eigenvalue weighted by Gasteiger charge is 2.51. The molecule has 3 aromatic rings. The zero-order valence-electron chi connectivity index (χ0n) is 21.5. The summed E-state index contributed by atoms with van der Waals surface area (Å²) in [7, 11) is -2.67. The number of rotatable bonds is 13. The molecule has 10 heteroatoms. The lowest BCUT2D eigenvalue weighted by Crippen LogP contribution is -2.49. The van der Waals surface area contributed by atoms with Crippen LogP contribution in [0.15, 0.2) is 91.0 Å². The first-order valence-corrected chi connectivity index (χ1v) is 13.9. The second-order valence-corrected chi connectivity index (χ2v) is 11.0. The molecule has 0 fully saturated rings. The largest absolute Gasteiger partial charge is 0.480 e. The summed E-state index contributed by atoms with van der Waals surface area (Å²) in [4.78, 5) is 37.1. The van der Waals surface area contributed by atoms with Gasteiger partial charge in [-0.05, 0) is 30.0 Å². The minimum Gasteiger partial charge on any atom is -0.480 e. The standard InChI is InChI=1S/C29H31N2O7P/c1-21(27(33)34)30-26(32)25(17-22-11-5-2-6-12-22)20-39(37)29(36,18-23-13-7-3-8-14-23)31-28(35)38-19-24-15-9-4-10-16-24/h2-16,21,25,36H,17-20H2,1H3,(H2-,30,31,32,33,34,35)/p+1/t21-,25?,29?/m0/s1. The molecule has 0 bridgehead atoms. The predicted octanol–water partition coefficient (Wildman–Crippen LogP) is 4.08. The molecule has 204 valence electrons. The molecule has 0 aliphatic carbocycles. The molecule has 3 rings (SSSR count). The summed E-state index contributed by atoms with van der Waals surface area (Å²) in [6, 6.07) is 25.5. The van der Waals surface area contributed by atoms with Crippen molar-refractivity contribution in [2.24, 2.45) is 5.92 Å². The summed E-state index contributed by atoms with van der Waals surface area (Å²) >= 11 is 0. The second kappa shape index (κ2) is 14.2. The van der Waals surface area contributed by atoms with Gasteiger partial charge in [0.2, 0.25) is 5.91 Å². The van der Waals surface area contributed by atoms with Crippen molar-refractivity contribution in [2.75, 3.05) is 6.16 Å². The van der Waals surface area contributed by atoms with E-state index in [1.54, 1.807) is 78.9 Å². The van der Waals surface area contributed by atoms with E-state index in [0.29, 0.717) is 5.56 Å². The quantitative estimate of drug-likeness (QED) is 0.185. The monoisotopic (exact) mass is 551 g/mol. The van der Waals surface area contributed by atoms with Gasteiger partial charge in [-0.1, -0.05) is 95.6 Å². The number of aliphatic carboxylic acids is 1. The van der Waals surface area contributed by atoms with Gasteiger partial charge in [0.15, 0.2) is 6.16 Å². The molecule has 0 saturated carbocycles. The van der Waals surface area contributed by atoms with Crippen molar-refractivity contribution in [3.8, 4) is 0 Å². The molecule has 3 unspecified atom stereocenters. The summed E-state index contributed by atoms with van der Waals surface area (Å²) in [6.07, 6.45) is -1.33. The molecular formula is C29H32N2O7P+. The van der Waals surface area contributed by atoms with E-state index in [2.05, 4.69) is 10.6 Å². The Labute approximate surface area is 228 Å². The van der Waals surface area contributed by atoms with E-state index >= 15 is 0 Å². The Morgan fingerprint density at radius 2 is 1.38 bits per heavy atom. The Hall–Kier alpha value is -4.07. The number of alkyl carbamates (subject to hydrolysis) is 1. The van der Waals surface area contributed by atoms with E-state index in [0.717, 1.165) is 11.1 Å². The predicted molar refractivity (Wildman–Crippen MR) is 146 cm³/mol. The minimum absolute atomic E-state index is 0.0585. The minimum atomic E-state index is -2.67. The van der Waals surface area contributed by atoms with Gasteiger partial charge < -0.3 is 20.3 Å². The van der Waals surface area contributed by atoms with Gasteiger partial charge in [-0.2, -0.15) is 0 Å². The molecule has 0 aromatic heterocycles. The number of carboxylic acids is 1. The third-order valence-corrected chi connectivity index (χ3v) is 7.90. The first-order valence-electron chi connectivity index (χ1n) is 12.4. The smallest absolute Gasteiger partial charge is 0.413 e. The molecule has 0 heterocycles. The molecule has 0 aliphatic rings. The summed E-state index contributed by atoms with van der Waals surface area (Å²) < 4.78 is 19.0. The first-order chi connectivity index (χ1) is 18.7. The lowest BCUT2D eigenvalue weighted by atomic mass is 10.00. The van der Waals surface area contributed by atoms with E-state index in [-0.39, 0.29) is 25.6 Å². The fourth-order valence-electron chi connectivity index (χ4n) is 3.88. The summed E-state index contributed by atoms with van der Waals surface area (Å²) in [5.74, 6) is -2.78. The van der Waals surface area contributed by atoms with Crippen molar-refractivity contribution >= 4 is 25.8 Å². The van der Waals surface area contributed by atoms with Crippen LogP contribution in [0.25, 0.3) is 0 Å². The first kappa shape index (κ1) is 29.5. The van der Waals surface area contributed by atoms with Gasteiger partial charge in [0.05, 0.1) is 12.3 Å². The number of carbonyl (C=O) groups excluding carboxylic acids is 2. The van der Waals surface area contributed by atoms with E-state index in [4.69, 9.17) is 4.74 Å². The van der Waals surface area contributed by atoms with Gasteiger partial charge in [0, 0.05) is 0 Å². The molecule has 0 saturated heterocycles. The highest BCUT2D eigenvalue weighted by molar-refractivity contribution is 7.46. The highest BCUT2D eigenvalue weighted by atomic mass is 31.1. The molecule has 3 aromatic carbocycles. The molecule has 4 atom stereocenters.